The maximum absolute atomic E-state index is 12.1. The Kier molecular flexibility index (Phi) is 4.43. The van der Waals surface area contributed by atoms with Gasteiger partial charge in [-0.25, -0.2) is 9.78 Å². The van der Waals surface area contributed by atoms with E-state index in [2.05, 4.69) is 34.6 Å². The molecule has 0 amide bonds. The van der Waals surface area contributed by atoms with Crippen molar-refractivity contribution in [1.82, 2.24) is 19.2 Å². The Morgan fingerprint density at radius 2 is 2.11 bits per heavy atom. The zero-order chi connectivity index (χ0) is 19.1. The molecule has 0 aliphatic heterocycles. The molecular formula is C19H20N4O3S. The van der Waals surface area contributed by atoms with Crippen molar-refractivity contribution in [2.24, 2.45) is 0 Å². The van der Waals surface area contributed by atoms with Crippen LogP contribution in [0.4, 0.5) is 0 Å². The lowest BCUT2D eigenvalue weighted by Crippen LogP contribution is -2.14. The van der Waals surface area contributed by atoms with E-state index in [1.165, 1.54) is 52.2 Å². The molecule has 0 unspecified atom stereocenters. The molecule has 1 saturated carbocycles. The lowest BCUT2D eigenvalue weighted by molar-refractivity contribution is -0.138. The Labute approximate surface area is 159 Å². The molecule has 0 radical (unpaired) electrons. The maximum Gasteiger partial charge on any atom is 0.331 e. The molecule has 7 nitrogen and oxygen atoms in total. The SMILES string of the molecule is Cc1cc(=O)n2nc(COC(=O)/C=C/c3cc(C)n(C4CC4)c3C)sc2n1. The predicted octanol–water partition coefficient (Wildman–Crippen LogP) is 2.97. The average molecular weight is 384 g/mol. The summed E-state index contributed by atoms with van der Waals surface area (Å²) in [4.78, 5) is 28.7. The Morgan fingerprint density at radius 1 is 1.33 bits per heavy atom. The van der Waals surface area contributed by atoms with E-state index in [1.807, 2.05) is 0 Å². The first-order chi connectivity index (χ1) is 12.9. The minimum absolute atomic E-state index is 0.0107. The number of carbonyl (C=O) groups is 1. The largest absolute Gasteiger partial charge is 0.455 e. The molecule has 3 heterocycles. The van der Waals surface area contributed by atoms with Crippen molar-refractivity contribution in [3.63, 3.8) is 0 Å². The summed E-state index contributed by atoms with van der Waals surface area (Å²) in [5.74, 6) is -0.443. The number of fused-ring (bicyclic) bond motifs is 1. The number of rotatable bonds is 5. The third kappa shape index (κ3) is 3.57. The smallest absolute Gasteiger partial charge is 0.331 e. The molecule has 0 atom stereocenters. The summed E-state index contributed by atoms with van der Waals surface area (Å²) in [5, 5.41) is 4.68. The third-order valence-corrected chi connectivity index (χ3v) is 5.47. The van der Waals surface area contributed by atoms with Gasteiger partial charge in [-0.05, 0) is 51.3 Å². The summed E-state index contributed by atoms with van der Waals surface area (Å²) in [6.07, 6.45) is 5.67. The first-order valence-electron chi connectivity index (χ1n) is 8.82. The van der Waals surface area contributed by atoms with Crippen LogP contribution in [-0.2, 0) is 16.1 Å². The molecule has 140 valence electrons. The van der Waals surface area contributed by atoms with Crippen molar-refractivity contribution in [3.8, 4) is 0 Å². The monoisotopic (exact) mass is 384 g/mol. The lowest BCUT2D eigenvalue weighted by atomic mass is 10.2. The highest BCUT2D eigenvalue weighted by atomic mass is 32.1. The van der Waals surface area contributed by atoms with Crippen molar-refractivity contribution >= 4 is 28.3 Å². The molecule has 0 bridgehead atoms. The van der Waals surface area contributed by atoms with Crippen LogP contribution in [0, 0.1) is 20.8 Å². The van der Waals surface area contributed by atoms with Gasteiger partial charge < -0.3 is 9.30 Å². The molecule has 1 fully saturated rings. The Hall–Kier alpha value is -2.74. The fourth-order valence-corrected chi connectivity index (χ4v) is 4.08. The quantitative estimate of drug-likeness (QED) is 0.499. The Morgan fingerprint density at radius 3 is 2.85 bits per heavy atom. The van der Waals surface area contributed by atoms with Crippen molar-refractivity contribution in [2.45, 2.75) is 46.3 Å². The molecule has 3 aromatic heterocycles. The van der Waals surface area contributed by atoms with Gasteiger partial charge in [-0.3, -0.25) is 4.79 Å². The summed E-state index contributed by atoms with van der Waals surface area (Å²) < 4.78 is 8.82. The topological polar surface area (TPSA) is 78.5 Å². The van der Waals surface area contributed by atoms with E-state index in [0.29, 0.717) is 21.7 Å². The van der Waals surface area contributed by atoms with Gasteiger partial charge in [0.15, 0.2) is 5.01 Å². The van der Waals surface area contributed by atoms with Crippen LogP contribution in [0.1, 0.15) is 46.5 Å². The molecule has 1 aliphatic carbocycles. The second kappa shape index (κ2) is 6.77. The number of esters is 1. The molecule has 0 spiro atoms. The van der Waals surface area contributed by atoms with Gasteiger partial charge in [0.25, 0.3) is 5.56 Å². The summed E-state index contributed by atoms with van der Waals surface area (Å²) >= 11 is 1.24. The van der Waals surface area contributed by atoms with Crippen LogP contribution in [0.15, 0.2) is 23.0 Å². The second-order valence-electron chi connectivity index (χ2n) is 6.79. The average Bonchev–Trinajstić information content (AvgIpc) is 3.28. The zero-order valence-corrected chi connectivity index (χ0v) is 16.2. The van der Waals surface area contributed by atoms with E-state index in [0.717, 1.165) is 5.56 Å². The summed E-state index contributed by atoms with van der Waals surface area (Å²) in [5.41, 5.74) is 3.82. The van der Waals surface area contributed by atoms with E-state index in [9.17, 15) is 9.59 Å². The molecule has 0 saturated heterocycles. The standard InChI is InChI=1S/C19H20N4O3S/c1-11-8-17(24)23-19(20-11)27-16(21-23)10-26-18(25)7-4-14-9-12(2)22(13(14)3)15-5-6-15/h4,7-9,15H,5-6,10H2,1-3H3/b7-4+. The van der Waals surface area contributed by atoms with Crippen LogP contribution in [0.5, 0.6) is 0 Å². The molecule has 27 heavy (non-hydrogen) atoms. The third-order valence-electron chi connectivity index (χ3n) is 4.59. The number of nitrogens with zero attached hydrogens (tertiary/aromatic N) is 4. The number of aryl methyl sites for hydroxylation is 2. The van der Waals surface area contributed by atoms with Crippen molar-refractivity contribution in [3.05, 3.63) is 56.2 Å². The normalized spacial score (nSPS) is 14.3. The number of ether oxygens (including phenoxy) is 1. The van der Waals surface area contributed by atoms with Crippen molar-refractivity contribution in [2.75, 3.05) is 0 Å². The molecule has 8 heteroatoms. The number of hydrogen-bond donors (Lipinski definition) is 0. The van der Waals surface area contributed by atoms with Gasteiger partial charge in [-0.1, -0.05) is 11.3 Å². The van der Waals surface area contributed by atoms with Gasteiger partial charge in [0, 0.05) is 35.3 Å². The maximum atomic E-state index is 12.1. The fraction of sp³-hybridized carbons (Fsp3) is 0.368. The number of carbonyl (C=O) groups excluding carboxylic acids is 1. The summed E-state index contributed by atoms with van der Waals surface area (Å²) in [6.45, 7) is 5.93. The van der Waals surface area contributed by atoms with E-state index >= 15 is 0 Å². The highest BCUT2D eigenvalue weighted by Gasteiger charge is 2.26. The Bertz CT molecular complexity index is 1120. The number of hydrogen-bond acceptors (Lipinski definition) is 6. The molecular weight excluding hydrogens is 364 g/mol. The predicted molar refractivity (Wildman–Crippen MR) is 103 cm³/mol. The van der Waals surface area contributed by atoms with E-state index in [1.54, 1.807) is 13.0 Å². The highest BCUT2D eigenvalue weighted by Crippen LogP contribution is 2.38. The van der Waals surface area contributed by atoms with Crippen LogP contribution < -0.4 is 5.56 Å². The molecule has 0 N–H and O–H groups in total. The van der Waals surface area contributed by atoms with E-state index in [4.69, 9.17) is 4.74 Å². The van der Waals surface area contributed by atoms with Crippen LogP contribution in [0.3, 0.4) is 0 Å². The van der Waals surface area contributed by atoms with Gasteiger partial charge in [-0.2, -0.15) is 9.61 Å². The first-order valence-corrected chi connectivity index (χ1v) is 9.63. The summed E-state index contributed by atoms with van der Waals surface area (Å²) in [6, 6.07) is 4.12. The highest BCUT2D eigenvalue weighted by molar-refractivity contribution is 7.16. The van der Waals surface area contributed by atoms with Crippen LogP contribution in [-0.4, -0.2) is 25.1 Å². The van der Waals surface area contributed by atoms with Gasteiger partial charge in [0.1, 0.15) is 6.61 Å². The van der Waals surface area contributed by atoms with Gasteiger partial charge >= 0.3 is 5.97 Å². The van der Waals surface area contributed by atoms with Gasteiger partial charge in [0.2, 0.25) is 4.96 Å². The molecule has 4 rings (SSSR count). The number of aromatic nitrogens is 4. The van der Waals surface area contributed by atoms with Crippen molar-refractivity contribution < 1.29 is 9.53 Å². The van der Waals surface area contributed by atoms with Crippen molar-refractivity contribution in [1.29, 1.82) is 0 Å². The lowest BCUT2D eigenvalue weighted by Gasteiger charge is -2.06. The fourth-order valence-electron chi connectivity index (χ4n) is 3.22. The zero-order valence-electron chi connectivity index (χ0n) is 15.4. The van der Waals surface area contributed by atoms with E-state index < -0.39 is 5.97 Å². The van der Waals surface area contributed by atoms with Crippen LogP contribution in [0.25, 0.3) is 11.0 Å². The molecule has 1 aliphatic rings. The Balaban J connectivity index is 1.43. The van der Waals surface area contributed by atoms with Crippen LogP contribution in [0.2, 0.25) is 0 Å². The minimum Gasteiger partial charge on any atom is -0.455 e. The molecule has 0 aromatic carbocycles. The second-order valence-corrected chi connectivity index (χ2v) is 7.84. The van der Waals surface area contributed by atoms with Gasteiger partial charge in [0.05, 0.1) is 0 Å². The first kappa shape index (κ1) is 17.7. The minimum atomic E-state index is -0.443. The van der Waals surface area contributed by atoms with E-state index in [-0.39, 0.29) is 12.2 Å². The van der Waals surface area contributed by atoms with Crippen LogP contribution >= 0.6 is 11.3 Å². The summed E-state index contributed by atoms with van der Waals surface area (Å²) in [7, 11) is 0. The molecule has 3 aromatic rings. The van der Waals surface area contributed by atoms with Gasteiger partial charge in [-0.15, -0.1) is 0 Å².